The lowest BCUT2D eigenvalue weighted by Crippen LogP contribution is -2.22. The van der Waals surface area contributed by atoms with E-state index in [0.29, 0.717) is 39.9 Å². The first-order valence-electron chi connectivity index (χ1n) is 8.61. The van der Waals surface area contributed by atoms with E-state index in [0.717, 1.165) is 0 Å². The Morgan fingerprint density at radius 2 is 1.07 bits per heavy atom. The van der Waals surface area contributed by atoms with Crippen molar-refractivity contribution in [2.75, 3.05) is 35.5 Å². The topological polar surface area (TPSA) is 92.3 Å². The highest BCUT2D eigenvalue weighted by Gasteiger charge is 2.33. The fourth-order valence-corrected chi connectivity index (χ4v) is 3.22. The van der Waals surface area contributed by atoms with Gasteiger partial charge in [-0.1, -0.05) is 6.07 Å². The highest BCUT2D eigenvalue weighted by atomic mass is 16.5. The first-order chi connectivity index (χ1) is 14.0. The van der Waals surface area contributed by atoms with Crippen molar-refractivity contribution < 1.29 is 33.3 Å². The Kier molecular flexibility index (Phi) is 5.63. The zero-order valence-electron chi connectivity index (χ0n) is 16.7. The van der Waals surface area contributed by atoms with Crippen LogP contribution in [0.2, 0.25) is 0 Å². The van der Waals surface area contributed by atoms with Gasteiger partial charge in [-0.25, -0.2) is 0 Å². The van der Waals surface area contributed by atoms with Gasteiger partial charge < -0.3 is 23.7 Å². The van der Waals surface area contributed by atoms with Gasteiger partial charge in [0.2, 0.25) is 5.75 Å². The molecule has 8 nitrogen and oxygen atoms in total. The summed E-state index contributed by atoms with van der Waals surface area (Å²) < 4.78 is 26.6. The molecule has 0 aliphatic carbocycles. The second-order valence-electron chi connectivity index (χ2n) is 6.02. The summed E-state index contributed by atoms with van der Waals surface area (Å²) in [5, 5.41) is 2.35. The smallest absolute Gasteiger partial charge is 0.259 e. The number of methoxy groups -OCH3 is 5. The molecule has 2 aromatic rings. The lowest BCUT2D eigenvalue weighted by molar-refractivity contribution is -0.122. The third-order valence-corrected chi connectivity index (χ3v) is 4.56. The summed E-state index contributed by atoms with van der Waals surface area (Å²) in [5.74, 6) is 1.04. The number of imide groups is 1. The van der Waals surface area contributed by atoms with Gasteiger partial charge in [0.25, 0.3) is 11.8 Å². The van der Waals surface area contributed by atoms with Crippen LogP contribution < -0.4 is 29.0 Å². The van der Waals surface area contributed by atoms with Gasteiger partial charge in [-0.15, -0.1) is 0 Å². The van der Waals surface area contributed by atoms with Crippen LogP contribution >= 0.6 is 0 Å². The van der Waals surface area contributed by atoms with Crippen LogP contribution in [0.3, 0.4) is 0 Å². The van der Waals surface area contributed by atoms with Crippen LogP contribution in [0.15, 0.2) is 30.3 Å². The Balaban J connectivity index is 2.26. The summed E-state index contributed by atoms with van der Waals surface area (Å²) in [7, 11) is 7.45. The Morgan fingerprint density at radius 1 is 0.586 bits per heavy atom. The van der Waals surface area contributed by atoms with Crippen LogP contribution in [0, 0.1) is 0 Å². The minimum atomic E-state index is -0.519. The van der Waals surface area contributed by atoms with Crippen LogP contribution in [-0.4, -0.2) is 47.4 Å². The maximum atomic E-state index is 12.6. The predicted octanol–water partition coefficient (Wildman–Crippen LogP) is 2.30. The van der Waals surface area contributed by atoms with E-state index >= 15 is 0 Å². The number of ether oxygens (including phenoxy) is 5. The van der Waals surface area contributed by atoms with E-state index < -0.39 is 11.8 Å². The number of hydrogen-bond donors (Lipinski definition) is 1. The largest absolute Gasteiger partial charge is 0.493 e. The zero-order chi connectivity index (χ0) is 21.1. The van der Waals surface area contributed by atoms with Gasteiger partial charge in [0.1, 0.15) is 0 Å². The Hall–Kier alpha value is -3.68. The van der Waals surface area contributed by atoms with Gasteiger partial charge in [-0.2, -0.15) is 0 Å². The van der Waals surface area contributed by atoms with Crippen molar-refractivity contribution >= 4 is 23.0 Å². The molecular weight excluding hydrogens is 378 g/mol. The molecule has 0 radical (unpaired) electrons. The molecule has 8 heteroatoms. The standard InChI is InChI=1S/C21H21NO7/c1-25-13-7-6-11(8-14(13)26-2)17-18(21(24)22-20(17)23)12-9-15(27-3)19(29-5)16(10-12)28-4/h6-10H,1-5H3,(H,22,23,24). The molecule has 0 aromatic heterocycles. The van der Waals surface area contributed by atoms with E-state index in [1.54, 1.807) is 30.3 Å². The summed E-state index contributed by atoms with van der Waals surface area (Å²) in [4.78, 5) is 25.2. The van der Waals surface area contributed by atoms with E-state index in [-0.39, 0.29) is 11.1 Å². The average Bonchev–Trinajstić information content (AvgIpc) is 3.05. The molecule has 1 aliphatic heterocycles. The molecule has 1 heterocycles. The van der Waals surface area contributed by atoms with Crippen molar-refractivity contribution in [3.63, 3.8) is 0 Å². The Bertz CT molecular complexity index is 985. The second-order valence-corrected chi connectivity index (χ2v) is 6.02. The molecule has 0 saturated carbocycles. The van der Waals surface area contributed by atoms with Crippen molar-refractivity contribution in [2.24, 2.45) is 0 Å². The molecule has 1 N–H and O–H groups in total. The number of rotatable bonds is 7. The summed E-state index contributed by atoms with van der Waals surface area (Å²) in [6, 6.07) is 8.24. The number of hydrogen-bond acceptors (Lipinski definition) is 7. The molecule has 29 heavy (non-hydrogen) atoms. The van der Waals surface area contributed by atoms with Crippen LogP contribution in [0.5, 0.6) is 28.7 Å². The summed E-state index contributed by atoms with van der Waals surface area (Å²) >= 11 is 0. The number of carbonyl (C=O) groups is 2. The number of carbonyl (C=O) groups excluding carboxylic acids is 2. The third-order valence-electron chi connectivity index (χ3n) is 4.56. The first kappa shape index (κ1) is 20.1. The molecule has 2 amide bonds. The molecular formula is C21H21NO7. The molecule has 152 valence electrons. The first-order valence-corrected chi connectivity index (χ1v) is 8.61. The fraction of sp³-hybridized carbons (Fsp3) is 0.238. The normalized spacial score (nSPS) is 13.3. The van der Waals surface area contributed by atoms with E-state index in [1.807, 2.05) is 0 Å². The zero-order valence-corrected chi connectivity index (χ0v) is 16.7. The van der Waals surface area contributed by atoms with Crippen molar-refractivity contribution in [2.45, 2.75) is 0 Å². The second kappa shape index (κ2) is 8.14. The Labute approximate surface area is 168 Å². The summed E-state index contributed by atoms with van der Waals surface area (Å²) in [5.41, 5.74) is 1.37. The molecule has 0 spiro atoms. The van der Waals surface area contributed by atoms with Gasteiger partial charge in [-0.3, -0.25) is 14.9 Å². The van der Waals surface area contributed by atoms with E-state index in [1.165, 1.54) is 35.5 Å². The van der Waals surface area contributed by atoms with E-state index in [2.05, 4.69) is 5.32 Å². The third kappa shape index (κ3) is 3.44. The monoisotopic (exact) mass is 399 g/mol. The van der Waals surface area contributed by atoms with Crippen molar-refractivity contribution in [1.82, 2.24) is 5.32 Å². The lowest BCUT2D eigenvalue weighted by Gasteiger charge is -2.15. The van der Waals surface area contributed by atoms with Crippen LogP contribution in [0.4, 0.5) is 0 Å². The number of benzene rings is 2. The predicted molar refractivity (Wildman–Crippen MR) is 106 cm³/mol. The molecule has 0 fully saturated rings. The number of amides is 2. The lowest BCUT2D eigenvalue weighted by atomic mass is 9.95. The maximum Gasteiger partial charge on any atom is 0.259 e. The van der Waals surface area contributed by atoms with E-state index in [9.17, 15) is 9.59 Å². The number of nitrogens with one attached hydrogen (secondary N) is 1. The van der Waals surface area contributed by atoms with Crippen LogP contribution in [-0.2, 0) is 9.59 Å². The van der Waals surface area contributed by atoms with Crippen molar-refractivity contribution in [1.29, 1.82) is 0 Å². The van der Waals surface area contributed by atoms with Gasteiger partial charge in [-0.05, 0) is 35.4 Å². The molecule has 0 saturated heterocycles. The molecule has 0 bridgehead atoms. The van der Waals surface area contributed by atoms with Crippen molar-refractivity contribution in [3.8, 4) is 28.7 Å². The Morgan fingerprint density at radius 3 is 1.55 bits per heavy atom. The average molecular weight is 399 g/mol. The summed E-state index contributed by atoms with van der Waals surface area (Å²) in [6.07, 6.45) is 0. The van der Waals surface area contributed by atoms with Gasteiger partial charge in [0.15, 0.2) is 23.0 Å². The summed E-state index contributed by atoms with van der Waals surface area (Å²) in [6.45, 7) is 0. The van der Waals surface area contributed by atoms with Gasteiger partial charge >= 0.3 is 0 Å². The highest BCUT2D eigenvalue weighted by Crippen LogP contribution is 2.43. The minimum absolute atomic E-state index is 0.196. The van der Waals surface area contributed by atoms with Crippen LogP contribution in [0.1, 0.15) is 11.1 Å². The minimum Gasteiger partial charge on any atom is -0.493 e. The van der Waals surface area contributed by atoms with Crippen LogP contribution in [0.25, 0.3) is 11.1 Å². The molecule has 0 atom stereocenters. The molecule has 3 rings (SSSR count). The highest BCUT2D eigenvalue weighted by molar-refractivity contribution is 6.49. The van der Waals surface area contributed by atoms with Gasteiger partial charge in [0, 0.05) is 0 Å². The van der Waals surface area contributed by atoms with E-state index in [4.69, 9.17) is 23.7 Å². The molecule has 1 aliphatic rings. The quantitative estimate of drug-likeness (QED) is 0.714. The maximum absolute atomic E-state index is 12.6. The molecule has 0 unspecified atom stereocenters. The SMILES string of the molecule is COc1ccc(C2=C(c3cc(OC)c(OC)c(OC)c3)C(=O)NC2=O)cc1OC. The van der Waals surface area contributed by atoms with Crippen molar-refractivity contribution in [3.05, 3.63) is 41.5 Å². The molecule has 2 aromatic carbocycles. The van der Waals surface area contributed by atoms with Gasteiger partial charge in [0.05, 0.1) is 46.7 Å². The fourth-order valence-electron chi connectivity index (χ4n) is 3.22.